The number of halogens is 2. The molecule has 0 bridgehead atoms. The summed E-state index contributed by atoms with van der Waals surface area (Å²) in [7, 11) is 0. The van der Waals surface area contributed by atoms with Crippen molar-refractivity contribution >= 4 is 46.4 Å². The largest absolute Gasteiger partial charge is 0.481 e. The number of anilines is 2. The molecule has 0 spiro atoms. The second kappa shape index (κ2) is 10.9. The highest BCUT2D eigenvalue weighted by Crippen LogP contribution is 2.24. The first kappa shape index (κ1) is 23.4. The quantitative estimate of drug-likeness (QED) is 0.433. The Hall–Kier alpha value is -3.22. The Morgan fingerprint density at radius 2 is 1.09 bits per heavy atom. The number of rotatable bonds is 8. The van der Waals surface area contributed by atoms with Crippen molar-refractivity contribution in [1.82, 2.24) is 0 Å². The van der Waals surface area contributed by atoms with Gasteiger partial charge in [-0.05, 0) is 62.4 Å². The Bertz CT molecular complexity index is 1020. The van der Waals surface area contributed by atoms with E-state index in [0.717, 1.165) is 0 Å². The molecule has 0 aliphatic heterocycles. The molecule has 0 aliphatic rings. The zero-order chi connectivity index (χ0) is 23.1. The monoisotopic (exact) mass is 472 g/mol. The van der Waals surface area contributed by atoms with Gasteiger partial charge in [0.1, 0.15) is 11.5 Å². The first-order chi connectivity index (χ1) is 15.3. The Balaban J connectivity index is 1.63. The molecule has 3 aromatic rings. The van der Waals surface area contributed by atoms with Crippen LogP contribution >= 0.6 is 23.2 Å². The lowest BCUT2D eigenvalue weighted by molar-refractivity contribution is -0.122. The van der Waals surface area contributed by atoms with Crippen LogP contribution in [0, 0.1) is 0 Å². The lowest BCUT2D eigenvalue weighted by Gasteiger charge is -2.18. The summed E-state index contributed by atoms with van der Waals surface area (Å²) in [5.74, 6) is 0.201. The van der Waals surface area contributed by atoms with Crippen LogP contribution in [0.25, 0.3) is 0 Å². The van der Waals surface area contributed by atoms with Gasteiger partial charge in [0.2, 0.25) is 0 Å². The summed E-state index contributed by atoms with van der Waals surface area (Å²) in [6.07, 6.45) is -1.58. The molecule has 0 unspecified atom stereocenters. The van der Waals surface area contributed by atoms with Crippen molar-refractivity contribution in [3.05, 3.63) is 82.8 Å². The van der Waals surface area contributed by atoms with E-state index in [1.807, 2.05) is 0 Å². The van der Waals surface area contributed by atoms with Crippen molar-refractivity contribution in [3.8, 4) is 11.5 Å². The SMILES string of the molecule is C[C@H](Oc1cccc(Cl)c1)C(=O)Nc1ccccc1NC(=O)[C@H](C)Oc1cccc(Cl)c1. The molecule has 0 saturated carbocycles. The number of amides is 2. The van der Waals surface area contributed by atoms with Crippen LogP contribution in [0.1, 0.15) is 13.8 Å². The summed E-state index contributed by atoms with van der Waals surface area (Å²) in [5, 5.41) is 6.58. The molecule has 2 amide bonds. The molecule has 0 radical (unpaired) electrons. The van der Waals surface area contributed by atoms with E-state index in [0.29, 0.717) is 32.9 Å². The molecule has 166 valence electrons. The summed E-state index contributed by atoms with van der Waals surface area (Å²) in [5.41, 5.74) is 0.865. The minimum atomic E-state index is -0.790. The van der Waals surface area contributed by atoms with Crippen LogP contribution in [0.15, 0.2) is 72.8 Å². The molecule has 6 nitrogen and oxygen atoms in total. The Morgan fingerprint density at radius 1 is 0.688 bits per heavy atom. The van der Waals surface area contributed by atoms with Crippen LogP contribution in [-0.2, 0) is 9.59 Å². The van der Waals surface area contributed by atoms with Crippen molar-refractivity contribution in [2.75, 3.05) is 10.6 Å². The predicted molar refractivity (Wildman–Crippen MR) is 127 cm³/mol. The fraction of sp³-hybridized carbons (Fsp3) is 0.167. The highest BCUT2D eigenvalue weighted by Gasteiger charge is 2.19. The van der Waals surface area contributed by atoms with Gasteiger partial charge in [-0.15, -0.1) is 0 Å². The maximum atomic E-state index is 12.6. The van der Waals surface area contributed by atoms with Gasteiger partial charge >= 0.3 is 0 Å². The van der Waals surface area contributed by atoms with Gasteiger partial charge in [0.15, 0.2) is 12.2 Å². The molecule has 32 heavy (non-hydrogen) atoms. The van der Waals surface area contributed by atoms with Crippen molar-refractivity contribution in [2.24, 2.45) is 0 Å². The predicted octanol–water partition coefficient (Wildman–Crippen LogP) is 5.81. The van der Waals surface area contributed by atoms with E-state index in [4.69, 9.17) is 32.7 Å². The smallest absolute Gasteiger partial charge is 0.265 e. The van der Waals surface area contributed by atoms with E-state index >= 15 is 0 Å². The van der Waals surface area contributed by atoms with Gasteiger partial charge in [-0.1, -0.05) is 47.5 Å². The van der Waals surface area contributed by atoms with Crippen molar-refractivity contribution in [1.29, 1.82) is 0 Å². The lowest BCUT2D eigenvalue weighted by Crippen LogP contribution is -2.32. The number of ether oxygens (including phenoxy) is 2. The molecule has 0 fully saturated rings. The molecule has 0 heterocycles. The van der Waals surface area contributed by atoms with Gasteiger partial charge in [0.25, 0.3) is 11.8 Å². The molecular weight excluding hydrogens is 451 g/mol. The summed E-state index contributed by atoms with van der Waals surface area (Å²) < 4.78 is 11.3. The number of para-hydroxylation sites is 2. The first-order valence-corrected chi connectivity index (χ1v) is 10.6. The van der Waals surface area contributed by atoms with Crippen LogP contribution in [-0.4, -0.2) is 24.0 Å². The van der Waals surface area contributed by atoms with Crippen molar-refractivity contribution in [3.63, 3.8) is 0 Å². The summed E-state index contributed by atoms with van der Waals surface area (Å²) >= 11 is 11.9. The van der Waals surface area contributed by atoms with Crippen molar-refractivity contribution in [2.45, 2.75) is 26.1 Å². The van der Waals surface area contributed by atoms with Crippen LogP contribution < -0.4 is 20.1 Å². The van der Waals surface area contributed by atoms with E-state index in [1.54, 1.807) is 86.6 Å². The highest BCUT2D eigenvalue weighted by atomic mass is 35.5. The molecular formula is C24H22Cl2N2O4. The third kappa shape index (κ3) is 6.64. The van der Waals surface area contributed by atoms with Gasteiger partial charge in [0, 0.05) is 10.0 Å². The maximum absolute atomic E-state index is 12.6. The molecule has 0 aliphatic carbocycles. The number of nitrogens with one attached hydrogen (secondary N) is 2. The minimum Gasteiger partial charge on any atom is -0.481 e. The molecule has 0 saturated heterocycles. The summed E-state index contributed by atoms with van der Waals surface area (Å²) in [6.45, 7) is 3.25. The van der Waals surface area contributed by atoms with E-state index in [9.17, 15) is 9.59 Å². The molecule has 0 aromatic heterocycles. The number of hydrogen-bond donors (Lipinski definition) is 2. The van der Waals surface area contributed by atoms with E-state index in [2.05, 4.69) is 10.6 Å². The first-order valence-electron chi connectivity index (χ1n) is 9.87. The summed E-state index contributed by atoms with van der Waals surface area (Å²) in [6, 6.07) is 20.4. The summed E-state index contributed by atoms with van der Waals surface area (Å²) in [4.78, 5) is 25.3. The second-order valence-electron chi connectivity index (χ2n) is 6.96. The number of carbonyl (C=O) groups is 2. The molecule has 3 aromatic carbocycles. The van der Waals surface area contributed by atoms with Gasteiger partial charge < -0.3 is 20.1 Å². The van der Waals surface area contributed by atoms with Gasteiger partial charge in [0.05, 0.1) is 11.4 Å². The van der Waals surface area contributed by atoms with Gasteiger partial charge in [-0.25, -0.2) is 0 Å². The Morgan fingerprint density at radius 3 is 1.47 bits per heavy atom. The van der Waals surface area contributed by atoms with Crippen LogP contribution in [0.4, 0.5) is 11.4 Å². The van der Waals surface area contributed by atoms with E-state index in [1.165, 1.54) is 0 Å². The molecule has 2 N–H and O–H groups in total. The zero-order valence-electron chi connectivity index (χ0n) is 17.5. The van der Waals surface area contributed by atoms with Crippen LogP contribution in [0.5, 0.6) is 11.5 Å². The fourth-order valence-corrected chi connectivity index (χ4v) is 3.13. The van der Waals surface area contributed by atoms with Crippen molar-refractivity contribution < 1.29 is 19.1 Å². The van der Waals surface area contributed by atoms with Crippen LogP contribution in [0.2, 0.25) is 10.0 Å². The fourth-order valence-electron chi connectivity index (χ4n) is 2.77. The third-order valence-electron chi connectivity index (χ3n) is 4.40. The zero-order valence-corrected chi connectivity index (χ0v) is 19.0. The normalized spacial score (nSPS) is 12.4. The standard InChI is InChI=1S/C24H22Cl2N2O4/c1-15(31-19-9-5-7-17(25)13-19)23(29)27-21-11-3-4-12-22(21)28-24(30)16(2)32-20-10-6-8-18(26)14-20/h3-16H,1-2H3,(H,27,29)(H,28,30)/t15-,16-/m0/s1. The van der Waals surface area contributed by atoms with E-state index < -0.39 is 12.2 Å². The molecule has 3 rings (SSSR count). The number of carbonyl (C=O) groups excluding carboxylic acids is 2. The highest BCUT2D eigenvalue weighted by molar-refractivity contribution is 6.31. The van der Waals surface area contributed by atoms with E-state index in [-0.39, 0.29) is 11.8 Å². The van der Waals surface area contributed by atoms with Crippen LogP contribution in [0.3, 0.4) is 0 Å². The Labute approximate surface area is 196 Å². The Kier molecular flexibility index (Phi) is 7.98. The third-order valence-corrected chi connectivity index (χ3v) is 4.87. The topological polar surface area (TPSA) is 76.7 Å². The van der Waals surface area contributed by atoms with Gasteiger partial charge in [-0.2, -0.15) is 0 Å². The lowest BCUT2D eigenvalue weighted by atomic mass is 10.2. The maximum Gasteiger partial charge on any atom is 0.265 e. The average molecular weight is 473 g/mol. The number of benzene rings is 3. The minimum absolute atomic E-state index is 0.380. The second-order valence-corrected chi connectivity index (χ2v) is 7.83. The molecule has 2 atom stereocenters. The average Bonchev–Trinajstić information content (AvgIpc) is 2.75. The van der Waals surface area contributed by atoms with Gasteiger partial charge in [-0.3, -0.25) is 9.59 Å². The number of hydrogen-bond acceptors (Lipinski definition) is 4. The molecule has 8 heteroatoms.